The third kappa shape index (κ3) is 3.16. The van der Waals surface area contributed by atoms with Crippen molar-refractivity contribution < 1.29 is 9.57 Å². The Kier molecular flexibility index (Phi) is 3.88. The van der Waals surface area contributed by atoms with Crippen molar-refractivity contribution in [1.29, 1.82) is 0 Å². The van der Waals surface area contributed by atoms with Crippen molar-refractivity contribution in [2.75, 3.05) is 6.79 Å². The number of benzene rings is 1. The lowest BCUT2D eigenvalue weighted by molar-refractivity contribution is -0.0590. The standard InChI is InChI=1S/C9H11NO2/c1-10-12-8-11-7-9-5-3-2-4-6-9/h2-6H,1,7-8H2. The quantitative estimate of drug-likeness (QED) is 0.288. The van der Waals surface area contributed by atoms with E-state index in [1.54, 1.807) is 0 Å². The second-order valence-corrected chi connectivity index (χ2v) is 2.21. The van der Waals surface area contributed by atoms with Crippen molar-refractivity contribution >= 4 is 6.72 Å². The van der Waals surface area contributed by atoms with E-state index in [1.165, 1.54) is 0 Å². The van der Waals surface area contributed by atoms with Crippen molar-refractivity contribution in [1.82, 2.24) is 0 Å². The molecule has 0 fully saturated rings. The van der Waals surface area contributed by atoms with E-state index >= 15 is 0 Å². The fourth-order valence-electron chi connectivity index (χ4n) is 0.808. The molecule has 0 atom stereocenters. The number of hydrogen-bond acceptors (Lipinski definition) is 3. The first-order chi connectivity index (χ1) is 5.93. The lowest BCUT2D eigenvalue weighted by Crippen LogP contribution is -1.95. The van der Waals surface area contributed by atoms with Crippen molar-refractivity contribution in [3.63, 3.8) is 0 Å². The minimum atomic E-state index is 0.151. The van der Waals surface area contributed by atoms with Gasteiger partial charge in [-0.3, -0.25) is 0 Å². The highest BCUT2D eigenvalue weighted by Gasteiger charge is 1.89. The Bertz CT molecular complexity index is 223. The summed E-state index contributed by atoms with van der Waals surface area (Å²) in [5.41, 5.74) is 1.12. The van der Waals surface area contributed by atoms with E-state index in [4.69, 9.17) is 4.74 Å². The van der Waals surface area contributed by atoms with Crippen LogP contribution in [0.4, 0.5) is 0 Å². The van der Waals surface area contributed by atoms with Gasteiger partial charge in [0.05, 0.1) is 6.61 Å². The molecule has 0 bridgehead atoms. The maximum atomic E-state index is 5.10. The molecule has 0 N–H and O–H groups in total. The molecule has 0 aliphatic heterocycles. The maximum Gasteiger partial charge on any atom is 0.216 e. The topological polar surface area (TPSA) is 30.8 Å². The smallest absolute Gasteiger partial charge is 0.216 e. The van der Waals surface area contributed by atoms with Crippen LogP contribution < -0.4 is 0 Å². The minimum Gasteiger partial charge on any atom is -0.368 e. The third-order valence-electron chi connectivity index (χ3n) is 1.34. The average molecular weight is 165 g/mol. The zero-order valence-electron chi connectivity index (χ0n) is 6.77. The molecular formula is C9H11NO2. The van der Waals surface area contributed by atoms with E-state index in [0.29, 0.717) is 6.61 Å². The van der Waals surface area contributed by atoms with Crippen LogP contribution in [0, 0.1) is 0 Å². The monoisotopic (exact) mass is 165 g/mol. The van der Waals surface area contributed by atoms with Crippen molar-refractivity contribution in [2.24, 2.45) is 5.16 Å². The molecule has 12 heavy (non-hydrogen) atoms. The van der Waals surface area contributed by atoms with Gasteiger partial charge in [-0.1, -0.05) is 30.3 Å². The summed E-state index contributed by atoms with van der Waals surface area (Å²) in [5, 5.41) is 3.19. The van der Waals surface area contributed by atoms with E-state index < -0.39 is 0 Å². The van der Waals surface area contributed by atoms with Gasteiger partial charge in [0.1, 0.15) is 0 Å². The van der Waals surface area contributed by atoms with E-state index in [1.807, 2.05) is 30.3 Å². The first-order valence-corrected chi connectivity index (χ1v) is 3.63. The molecule has 0 radical (unpaired) electrons. The molecule has 0 aliphatic rings. The largest absolute Gasteiger partial charge is 0.368 e. The van der Waals surface area contributed by atoms with E-state index in [0.717, 1.165) is 5.56 Å². The lowest BCUT2D eigenvalue weighted by Gasteiger charge is -2.01. The van der Waals surface area contributed by atoms with Crippen LogP contribution in [0.3, 0.4) is 0 Å². The summed E-state index contributed by atoms with van der Waals surface area (Å²) in [6, 6.07) is 9.87. The molecule has 0 saturated heterocycles. The number of nitrogens with zero attached hydrogens (tertiary/aromatic N) is 1. The zero-order valence-corrected chi connectivity index (χ0v) is 6.77. The summed E-state index contributed by atoms with van der Waals surface area (Å²) in [6.45, 7) is 3.84. The third-order valence-corrected chi connectivity index (χ3v) is 1.34. The molecule has 3 nitrogen and oxygen atoms in total. The molecule has 0 saturated carbocycles. The highest BCUT2D eigenvalue weighted by Crippen LogP contribution is 1.99. The minimum absolute atomic E-state index is 0.151. The normalized spacial score (nSPS) is 9.33. The Morgan fingerprint density at radius 3 is 2.67 bits per heavy atom. The predicted octanol–water partition coefficient (Wildman–Crippen LogP) is 1.79. The summed E-state index contributed by atoms with van der Waals surface area (Å²) >= 11 is 0. The molecule has 0 unspecified atom stereocenters. The second kappa shape index (κ2) is 5.32. The molecule has 1 rings (SSSR count). The highest BCUT2D eigenvalue weighted by molar-refractivity contribution is 5.21. The Labute approximate surface area is 71.6 Å². The summed E-state index contributed by atoms with van der Waals surface area (Å²) in [6.07, 6.45) is 0. The van der Waals surface area contributed by atoms with Gasteiger partial charge in [-0.2, -0.15) is 0 Å². The fraction of sp³-hybridized carbons (Fsp3) is 0.222. The Hall–Kier alpha value is -1.35. The summed E-state index contributed by atoms with van der Waals surface area (Å²) < 4.78 is 5.10. The number of hydrogen-bond donors (Lipinski definition) is 0. The molecule has 0 amide bonds. The van der Waals surface area contributed by atoms with Gasteiger partial charge in [0, 0.05) is 6.72 Å². The lowest BCUT2D eigenvalue weighted by atomic mass is 10.2. The first-order valence-electron chi connectivity index (χ1n) is 3.63. The van der Waals surface area contributed by atoms with Gasteiger partial charge in [-0.15, -0.1) is 5.16 Å². The van der Waals surface area contributed by atoms with Gasteiger partial charge in [-0.05, 0) is 5.56 Å². The summed E-state index contributed by atoms with van der Waals surface area (Å²) in [7, 11) is 0. The summed E-state index contributed by atoms with van der Waals surface area (Å²) in [4.78, 5) is 4.55. The molecule has 0 spiro atoms. The van der Waals surface area contributed by atoms with Crippen molar-refractivity contribution in [3.05, 3.63) is 35.9 Å². The molecule has 64 valence electrons. The van der Waals surface area contributed by atoms with Gasteiger partial charge in [-0.25, -0.2) is 0 Å². The first kappa shape index (κ1) is 8.74. The molecule has 1 aromatic carbocycles. The van der Waals surface area contributed by atoms with Gasteiger partial charge in [0.2, 0.25) is 6.79 Å². The van der Waals surface area contributed by atoms with Gasteiger partial charge in [0.15, 0.2) is 0 Å². The van der Waals surface area contributed by atoms with Gasteiger partial charge in [0.25, 0.3) is 0 Å². The van der Waals surface area contributed by atoms with E-state index in [9.17, 15) is 0 Å². The Morgan fingerprint density at radius 1 is 1.25 bits per heavy atom. The molecule has 0 heterocycles. The van der Waals surface area contributed by atoms with Crippen LogP contribution in [0.1, 0.15) is 5.56 Å². The van der Waals surface area contributed by atoms with Crippen molar-refractivity contribution in [3.8, 4) is 0 Å². The summed E-state index contributed by atoms with van der Waals surface area (Å²) in [5.74, 6) is 0. The molecule has 0 aromatic heterocycles. The van der Waals surface area contributed by atoms with Crippen LogP contribution in [-0.2, 0) is 16.2 Å². The SMILES string of the molecule is C=NOCOCc1ccccc1. The van der Waals surface area contributed by atoms with Crippen LogP contribution in [0.25, 0.3) is 0 Å². The maximum absolute atomic E-state index is 5.10. The Balaban J connectivity index is 2.20. The Morgan fingerprint density at radius 2 is 2.00 bits per heavy atom. The molecular weight excluding hydrogens is 154 g/mol. The molecule has 1 aromatic rings. The van der Waals surface area contributed by atoms with Gasteiger partial charge >= 0.3 is 0 Å². The van der Waals surface area contributed by atoms with Crippen LogP contribution in [0.2, 0.25) is 0 Å². The second-order valence-electron chi connectivity index (χ2n) is 2.21. The number of rotatable bonds is 5. The van der Waals surface area contributed by atoms with Crippen LogP contribution in [-0.4, -0.2) is 13.5 Å². The fourth-order valence-corrected chi connectivity index (χ4v) is 0.808. The number of oxime groups is 1. The number of ether oxygens (including phenoxy) is 1. The van der Waals surface area contributed by atoms with Gasteiger partial charge < -0.3 is 9.57 Å². The molecule has 0 aliphatic carbocycles. The van der Waals surface area contributed by atoms with Crippen molar-refractivity contribution in [2.45, 2.75) is 6.61 Å². The average Bonchev–Trinajstić information content (AvgIpc) is 2.14. The van der Waals surface area contributed by atoms with Crippen LogP contribution >= 0.6 is 0 Å². The zero-order chi connectivity index (χ0) is 8.65. The van der Waals surface area contributed by atoms with Crippen LogP contribution in [0.5, 0.6) is 0 Å². The van der Waals surface area contributed by atoms with E-state index in [2.05, 4.69) is 16.7 Å². The molecule has 3 heteroatoms. The van der Waals surface area contributed by atoms with Crippen LogP contribution in [0.15, 0.2) is 35.5 Å². The highest BCUT2D eigenvalue weighted by atomic mass is 16.7. The predicted molar refractivity (Wildman–Crippen MR) is 46.7 cm³/mol. The van der Waals surface area contributed by atoms with E-state index in [-0.39, 0.29) is 6.79 Å².